The molecule has 1 heterocycles. The zero-order chi connectivity index (χ0) is 22.1. The van der Waals surface area contributed by atoms with Crippen molar-refractivity contribution in [3.05, 3.63) is 78.3 Å². The van der Waals surface area contributed by atoms with Gasteiger partial charge in [-0.2, -0.15) is 0 Å². The average Bonchev–Trinajstić information content (AvgIpc) is 3.31. The molecular weight excluding hydrogens is 402 g/mol. The lowest BCUT2D eigenvalue weighted by molar-refractivity contribution is -0.123. The molecule has 0 atom stereocenters. The van der Waals surface area contributed by atoms with Gasteiger partial charge in [-0.1, -0.05) is 6.07 Å². The summed E-state index contributed by atoms with van der Waals surface area (Å²) in [6.45, 7) is 0.243. The Morgan fingerprint density at radius 3 is 2.42 bits per heavy atom. The summed E-state index contributed by atoms with van der Waals surface area (Å²) in [6, 6.07) is 15.6. The van der Waals surface area contributed by atoms with Crippen molar-refractivity contribution in [1.82, 2.24) is 10.6 Å². The van der Waals surface area contributed by atoms with Crippen LogP contribution in [0.3, 0.4) is 0 Å². The number of amides is 3. The zero-order valence-electron chi connectivity index (χ0n) is 16.5. The zero-order valence-corrected chi connectivity index (χ0v) is 16.5. The van der Waals surface area contributed by atoms with Crippen LogP contribution in [0.2, 0.25) is 0 Å². The summed E-state index contributed by atoms with van der Waals surface area (Å²) in [4.78, 5) is 35.9. The van der Waals surface area contributed by atoms with Gasteiger partial charge in [-0.3, -0.25) is 14.4 Å². The number of nitrogens with one attached hydrogen (secondary N) is 3. The van der Waals surface area contributed by atoms with E-state index in [1.165, 1.54) is 30.5 Å². The number of carbonyl (C=O) groups is 3. The van der Waals surface area contributed by atoms with Crippen LogP contribution in [0, 0.1) is 0 Å². The van der Waals surface area contributed by atoms with E-state index in [0.717, 1.165) is 0 Å². The van der Waals surface area contributed by atoms with E-state index in [9.17, 15) is 19.5 Å². The minimum atomic E-state index is -0.394. The summed E-state index contributed by atoms with van der Waals surface area (Å²) in [5.74, 6) is -0.387. The van der Waals surface area contributed by atoms with Gasteiger partial charge in [-0.05, 0) is 48.5 Å². The quantitative estimate of drug-likeness (QED) is 0.390. The van der Waals surface area contributed by atoms with E-state index in [1.54, 1.807) is 36.4 Å². The lowest BCUT2D eigenvalue weighted by Gasteiger charge is -2.10. The van der Waals surface area contributed by atoms with Crippen LogP contribution in [-0.2, 0) is 4.79 Å². The van der Waals surface area contributed by atoms with Gasteiger partial charge in [0.15, 0.2) is 12.4 Å². The van der Waals surface area contributed by atoms with Crippen LogP contribution in [0.15, 0.2) is 71.3 Å². The molecule has 0 bridgehead atoms. The third-order valence-electron chi connectivity index (χ3n) is 4.07. The predicted molar refractivity (Wildman–Crippen MR) is 112 cm³/mol. The van der Waals surface area contributed by atoms with Gasteiger partial charge in [0.1, 0.15) is 11.5 Å². The van der Waals surface area contributed by atoms with Crippen molar-refractivity contribution < 1.29 is 28.6 Å². The van der Waals surface area contributed by atoms with Gasteiger partial charge >= 0.3 is 0 Å². The van der Waals surface area contributed by atoms with Crippen molar-refractivity contribution in [2.24, 2.45) is 0 Å². The summed E-state index contributed by atoms with van der Waals surface area (Å²) in [6.07, 6.45) is 1.41. The second kappa shape index (κ2) is 10.5. The Balaban J connectivity index is 1.37. The minimum Gasteiger partial charge on any atom is -0.508 e. The first-order valence-corrected chi connectivity index (χ1v) is 9.43. The number of carbonyl (C=O) groups excluding carboxylic acids is 3. The Morgan fingerprint density at radius 1 is 0.903 bits per heavy atom. The molecule has 0 saturated carbocycles. The van der Waals surface area contributed by atoms with Crippen molar-refractivity contribution in [3.8, 4) is 11.5 Å². The second-order valence-electron chi connectivity index (χ2n) is 6.40. The molecule has 0 aliphatic heterocycles. The summed E-state index contributed by atoms with van der Waals surface area (Å²) in [7, 11) is 0. The maximum absolute atomic E-state index is 12.0. The van der Waals surface area contributed by atoms with Gasteiger partial charge < -0.3 is 30.2 Å². The molecule has 0 saturated heterocycles. The summed E-state index contributed by atoms with van der Waals surface area (Å²) in [5.41, 5.74) is 0.905. The van der Waals surface area contributed by atoms with Crippen molar-refractivity contribution in [1.29, 1.82) is 0 Å². The number of phenolic OH excluding ortho intramolecular Hbond substituents is 1. The Hall–Kier alpha value is -4.27. The molecule has 31 heavy (non-hydrogen) atoms. The fourth-order valence-corrected chi connectivity index (χ4v) is 2.56. The molecule has 0 fully saturated rings. The number of phenols is 1. The van der Waals surface area contributed by atoms with Crippen molar-refractivity contribution in [2.45, 2.75) is 0 Å². The molecule has 0 unspecified atom stereocenters. The van der Waals surface area contributed by atoms with Gasteiger partial charge in [0.2, 0.25) is 0 Å². The first-order valence-electron chi connectivity index (χ1n) is 9.43. The summed E-state index contributed by atoms with van der Waals surface area (Å²) in [5, 5.41) is 17.2. The van der Waals surface area contributed by atoms with E-state index in [2.05, 4.69) is 16.0 Å². The summed E-state index contributed by atoms with van der Waals surface area (Å²) >= 11 is 0. The highest BCUT2D eigenvalue weighted by Gasteiger charge is 2.10. The molecule has 2 aromatic carbocycles. The smallest absolute Gasteiger partial charge is 0.291 e. The molecule has 9 nitrogen and oxygen atoms in total. The fraction of sp³-hybridized carbons (Fsp3) is 0.136. The maximum Gasteiger partial charge on any atom is 0.291 e. The van der Waals surface area contributed by atoms with Crippen molar-refractivity contribution >= 4 is 23.4 Å². The van der Waals surface area contributed by atoms with Crippen LogP contribution in [0.25, 0.3) is 0 Å². The SMILES string of the molecule is O=C(COc1cccc(NC(=O)c2ccco2)c1)NCCNC(=O)c1ccc(O)cc1. The van der Waals surface area contributed by atoms with E-state index in [4.69, 9.17) is 9.15 Å². The highest BCUT2D eigenvalue weighted by atomic mass is 16.5. The number of aromatic hydroxyl groups is 1. The van der Waals surface area contributed by atoms with Crippen LogP contribution in [0.1, 0.15) is 20.9 Å². The molecule has 3 amide bonds. The molecule has 1 aromatic heterocycles. The molecule has 160 valence electrons. The molecule has 3 rings (SSSR count). The Kier molecular flexibility index (Phi) is 7.26. The lowest BCUT2D eigenvalue weighted by Crippen LogP contribution is -2.36. The Morgan fingerprint density at radius 2 is 1.68 bits per heavy atom. The normalized spacial score (nSPS) is 10.2. The first kappa shape index (κ1) is 21.4. The van der Waals surface area contributed by atoms with Crippen molar-refractivity contribution in [3.63, 3.8) is 0 Å². The van der Waals surface area contributed by atoms with Gasteiger partial charge in [-0.25, -0.2) is 0 Å². The van der Waals surface area contributed by atoms with Gasteiger partial charge in [0.05, 0.1) is 6.26 Å². The van der Waals surface area contributed by atoms with Crippen LogP contribution in [0.4, 0.5) is 5.69 Å². The van der Waals surface area contributed by atoms with Gasteiger partial charge in [0, 0.05) is 30.4 Å². The fourth-order valence-electron chi connectivity index (χ4n) is 2.56. The standard InChI is InChI=1S/C22H21N3O6/c26-17-8-6-15(7-9-17)21(28)24-11-10-23-20(27)14-31-18-4-1-3-16(13-18)25-22(29)19-5-2-12-30-19/h1-9,12-13,26H,10-11,14H2,(H,23,27)(H,24,28)(H,25,29). The molecule has 0 aliphatic carbocycles. The number of anilines is 1. The number of ether oxygens (including phenoxy) is 1. The highest BCUT2D eigenvalue weighted by molar-refractivity contribution is 6.02. The van der Waals surface area contributed by atoms with Crippen LogP contribution < -0.4 is 20.7 Å². The molecular formula is C22H21N3O6. The third kappa shape index (κ3) is 6.64. The van der Waals surface area contributed by atoms with E-state index in [0.29, 0.717) is 17.0 Å². The van der Waals surface area contributed by atoms with E-state index in [-0.39, 0.29) is 43.0 Å². The van der Waals surface area contributed by atoms with E-state index < -0.39 is 5.91 Å². The number of rotatable bonds is 9. The van der Waals surface area contributed by atoms with E-state index >= 15 is 0 Å². The number of furan rings is 1. The Labute approximate surface area is 178 Å². The highest BCUT2D eigenvalue weighted by Crippen LogP contribution is 2.18. The first-order chi connectivity index (χ1) is 15.0. The van der Waals surface area contributed by atoms with Crippen molar-refractivity contribution in [2.75, 3.05) is 25.0 Å². The summed E-state index contributed by atoms with van der Waals surface area (Å²) < 4.78 is 10.5. The number of hydrogen-bond acceptors (Lipinski definition) is 6. The molecule has 0 aliphatic rings. The monoisotopic (exact) mass is 423 g/mol. The third-order valence-corrected chi connectivity index (χ3v) is 4.07. The van der Waals surface area contributed by atoms with Crippen LogP contribution >= 0.6 is 0 Å². The average molecular weight is 423 g/mol. The maximum atomic E-state index is 12.0. The number of benzene rings is 2. The molecule has 0 spiro atoms. The minimum absolute atomic E-state index is 0.0780. The van der Waals surface area contributed by atoms with E-state index in [1.807, 2.05) is 0 Å². The van der Waals surface area contributed by atoms with Gasteiger partial charge in [0.25, 0.3) is 17.7 Å². The van der Waals surface area contributed by atoms with Crippen LogP contribution in [0.5, 0.6) is 11.5 Å². The Bertz CT molecular complexity index is 1030. The van der Waals surface area contributed by atoms with Gasteiger partial charge in [-0.15, -0.1) is 0 Å². The second-order valence-corrected chi connectivity index (χ2v) is 6.40. The molecule has 9 heteroatoms. The number of hydrogen-bond donors (Lipinski definition) is 4. The molecule has 4 N–H and O–H groups in total. The van der Waals surface area contributed by atoms with Crippen LogP contribution in [-0.4, -0.2) is 42.5 Å². The largest absolute Gasteiger partial charge is 0.508 e. The lowest BCUT2D eigenvalue weighted by atomic mass is 10.2. The predicted octanol–water partition coefficient (Wildman–Crippen LogP) is 2.16. The topological polar surface area (TPSA) is 130 Å². The molecule has 0 radical (unpaired) electrons. The molecule has 3 aromatic rings.